The highest BCUT2D eigenvalue weighted by molar-refractivity contribution is 5.55. The number of methoxy groups -OCH3 is 1. The van der Waals surface area contributed by atoms with Crippen molar-refractivity contribution in [2.24, 2.45) is 0 Å². The summed E-state index contributed by atoms with van der Waals surface area (Å²) in [5, 5.41) is 3.37. The lowest BCUT2D eigenvalue weighted by Crippen LogP contribution is -2.37. The minimum atomic E-state index is -0.166. The van der Waals surface area contributed by atoms with E-state index in [0.717, 1.165) is 43.7 Å². The molecule has 0 radical (unpaired) electrons. The number of hydrogen-bond acceptors (Lipinski definition) is 3. The van der Waals surface area contributed by atoms with Crippen molar-refractivity contribution in [1.29, 1.82) is 0 Å². The van der Waals surface area contributed by atoms with Gasteiger partial charge in [-0.1, -0.05) is 6.92 Å². The molecular formula is C16H25FN2O. The van der Waals surface area contributed by atoms with Gasteiger partial charge in [0.05, 0.1) is 6.10 Å². The van der Waals surface area contributed by atoms with Crippen LogP contribution >= 0.6 is 0 Å². The predicted molar refractivity (Wildman–Crippen MR) is 80.7 cm³/mol. The summed E-state index contributed by atoms with van der Waals surface area (Å²) in [6.07, 6.45) is 2.42. The van der Waals surface area contributed by atoms with Gasteiger partial charge in [-0.2, -0.15) is 0 Å². The van der Waals surface area contributed by atoms with Crippen molar-refractivity contribution in [2.45, 2.75) is 38.8 Å². The largest absolute Gasteiger partial charge is 0.381 e. The highest BCUT2D eigenvalue weighted by Gasteiger charge is 2.22. The van der Waals surface area contributed by atoms with Gasteiger partial charge in [-0.3, -0.25) is 0 Å². The van der Waals surface area contributed by atoms with Gasteiger partial charge in [-0.25, -0.2) is 4.39 Å². The maximum atomic E-state index is 13.6. The molecule has 1 N–H and O–H groups in total. The third-order valence-corrected chi connectivity index (χ3v) is 4.08. The van der Waals surface area contributed by atoms with Gasteiger partial charge >= 0.3 is 0 Å². The monoisotopic (exact) mass is 280 g/mol. The fraction of sp³-hybridized carbons (Fsp3) is 0.625. The van der Waals surface area contributed by atoms with Gasteiger partial charge in [-0.15, -0.1) is 0 Å². The molecule has 0 spiro atoms. The molecule has 0 aliphatic carbocycles. The quantitative estimate of drug-likeness (QED) is 0.897. The lowest BCUT2D eigenvalue weighted by atomic mass is 10.0. The second-order valence-corrected chi connectivity index (χ2v) is 5.40. The Morgan fingerprint density at radius 2 is 2.10 bits per heavy atom. The molecule has 1 saturated heterocycles. The molecule has 1 aromatic rings. The van der Waals surface area contributed by atoms with E-state index in [1.54, 1.807) is 19.2 Å². The van der Waals surface area contributed by atoms with E-state index >= 15 is 0 Å². The Hall–Kier alpha value is -1.13. The van der Waals surface area contributed by atoms with Crippen molar-refractivity contribution >= 4 is 5.69 Å². The third-order valence-electron chi connectivity index (χ3n) is 4.08. The van der Waals surface area contributed by atoms with Crippen LogP contribution < -0.4 is 10.2 Å². The minimum absolute atomic E-state index is 0.158. The fourth-order valence-corrected chi connectivity index (χ4v) is 2.91. The topological polar surface area (TPSA) is 24.5 Å². The first-order chi connectivity index (χ1) is 9.65. The van der Waals surface area contributed by atoms with Crippen LogP contribution in [0.1, 0.15) is 38.3 Å². The van der Waals surface area contributed by atoms with E-state index in [2.05, 4.69) is 24.1 Å². The summed E-state index contributed by atoms with van der Waals surface area (Å²) in [6.45, 7) is 6.97. The van der Waals surface area contributed by atoms with E-state index in [1.807, 2.05) is 6.07 Å². The van der Waals surface area contributed by atoms with E-state index in [0.29, 0.717) is 6.10 Å². The predicted octanol–water partition coefficient (Wildman–Crippen LogP) is 3.11. The highest BCUT2D eigenvalue weighted by Crippen LogP contribution is 2.30. The van der Waals surface area contributed by atoms with Crippen molar-refractivity contribution in [3.8, 4) is 0 Å². The lowest BCUT2D eigenvalue weighted by molar-refractivity contribution is 0.0819. The van der Waals surface area contributed by atoms with Crippen molar-refractivity contribution in [3.63, 3.8) is 0 Å². The smallest absolute Gasteiger partial charge is 0.123 e. The molecule has 0 saturated carbocycles. The zero-order valence-corrected chi connectivity index (χ0v) is 12.7. The average molecular weight is 280 g/mol. The Bertz CT molecular complexity index is 430. The first kappa shape index (κ1) is 15.3. The van der Waals surface area contributed by atoms with Crippen molar-refractivity contribution < 1.29 is 9.13 Å². The summed E-state index contributed by atoms with van der Waals surface area (Å²) in [7, 11) is 1.77. The molecular weight excluding hydrogens is 255 g/mol. The molecule has 4 heteroatoms. The van der Waals surface area contributed by atoms with E-state index in [1.165, 1.54) is 0 Å². The molecule has 1 heterocycles. The Kier molecular flexibility index (Phi) is 5.38. The molecule has 1 aliphatic heterocycles. The van der Waals surface area contributed by atoms with Gasteiger partial charge in [0.2, 0.25) is 0 Å². The second kappa shape index (κ2) is 7.04. The molecule has 112 valence electrons. The normalized spacial score (nSPS) is 18.3. The van der Waals surface area contributed by atoms with Crippen molar-refractivity contribution in [3.05, 3.63) is 29.6 Å². The third kappa shape index (κ3) is 3.49. The molecule has 1 unspecified atom stereocenters. The standard InChI is InChI=1S/C16H25FN2O/c1-4-18-12(2)15-11-13(17)5-6-16(15)19-9-7-14(20-3)8-10-19/h5-6,11-12,14,18H,4,7-10H2,1-3H3. The van der Waals surface area contributed by atoms with E-state index in [-0.39, 0.29) is 11.9 Å². The number of piperidine rings is 1. The molecule has 20 heavy (non-hydrogen) atoms. The lowest BCUT2D eigenvalue weighted by Gasteiger charge is -2.35. The maximum absolute atomic E-state index is 13.6. The van der Waals surface area contributed by atoms with Crippen molar-refractivity contribution in [2.75, 3.05) is 31.6 Å². The van der Waals surface area contributed by atoms with Gasteiger partial charge in [0.1, 0.15) is 5.82 Å². The molecule has 1 fully saturated rings. The van der Waals surface area contributed by atoms with Crippen LogP contribution in [0.2, 0.25) is 0 Å². The Morgan fingerprint density at radius 1 is 1.40 bits per heavy atom. The van der Waals surface area contributed by atoms with Gasteiger partial charge in [0.25, 0.3) is 0 Å². The van der Waals surface area contributed by atoms with Gasteiger partial charge < -0.3 is 15.0 Å². The molecule has 0 bridgehead atoms. The van der Waals surface area contributed by atoms with Crippen LogP contribution in [0.15, 0.2) is 18.2 Å². The molecule has 1 atom stereocenters. The minimum Gasteiger partial charge on any atom is -0.381 e. The summed E-state index contributed by atoms with van der Waals surface area (Å²) in [5.41, 5.74) is 2.19. The van der Waals surface area contributed by atoms with E-state index < -0.39 is 0 Å². The van der Waals surface area contributed by atoms with Crippen LogP contribution in [-0.2, 0) is 4.74 Å². The number of nitrogens with one attached hydrogen (secondary N) is 1. The number of rotatable bonds is 5. The number of ether oxygens (including phenoxy) is 1. The van der Waals surface area contributed by atoms with Crippen LogP contribution in [0.5, 0.6) is 0 Å². The van der Waals surface area contributed by atoms with Crippen LogP contribution in [0.25, 0.3) is 0 Å². The van der Waals surface area contributed by atoms with Crippen LogP contribution in [-0.4, -0.2) is 32.8 Å². The Morgan fingerprint density at radius 3 is 2.70 bits per heavy atom. The summed E-state index contributed by atoms with van der Waals surface area (Å²) < 4.78 is 19.0. The first-order valence-corrected chi connectivity index (χ1v) is 7.46. The number of anilines is 1. The molecule has 1 aliphatic rings. The van der Waals surface area contributed by atoms with Crippen molar-refractivity contribution in [1.82, 2.24) is 5.32 Å². The molecule has 0 aromatic heterocycles. The van der Waals surface area contributed by atoms with E-state index in [4.69, 9.17) is 4.74 Å². The number of benzene rings is 1. The Labute approximate surface area is 121 Å². The van der Waals surface area contributed by atoms with Gasteiger partial charge in [-0.05, 0) is 50.1 Å². The molecule has 3 nitrogen and oxygen atoms in total. The summed E-state index contributed by atoms with van der Waals surface area (Å²) in [6, 6.07) is 5.28. The first-order valence-electron chi connectivity index (χ1n) is 7.46. The molecule has 2 rings (SSSR count). The summed E-state index contributed by atoms with van der Waals surface area (Å²) in [5.74, 6) is -0.166. The van der Waals surface area contributed by atoms with E-state index in [9.17, 15) is 4.39 Å². The van der Waals surface area contributed by atoms with Crippen LogP contribution in [0.3, 0.4) is 0 Å². The van der Waals surface area contributed by atoms with Crippen LogP contribution in [0.4, 0.5) is 10.1 Å². The van der Waals surface area contributed by atoms with Crippen LogP contribution in [0, 0.1) is 5.82 Å². The summed E-state index contributed by atoms with van der Waals surface area (Å²) >= 11 is 0. The second-order valence-electron chi connectivity index (χ2n) is 5.40. The molecule has 1 aromatic carbocycles. The van der Waals surface area contributed by atoms with Gasteiger partial charge in [0, 0.05) is 31.9 Å². The maximum Gasteiger partial charge on any atom is 0.123 e. The molecule has 0 amide bonds. The SMILES string of the molecule is CCNC(C)c1cc(F)ccc1N1CCC(OC)CC1. The Balaban J connectivity index is 2.18. The zero-order valence-electron chi connectivity index (χ0n) is 12.7. The summed E-state index contributed by atoms with van der Waals surface area (Å²) in [4.78, 5) is 2.35. The average Bonchev–Trinajstić information content (AvgIpc) is 2.47. The number of hydrogen-bond donors (Lipinski definition) is 1. The highest BCUT2D eigenvalue weighted by atomic mass is 19.1. The van der Waals surface area contributed by atoms with Gasteiger partial charge in [0.15, 0.2) is 0 Å². The number of nitrogens with zero attached hydrogens (tertiary/aromatic N) is 1. The fourth-order valence-electron chi connectivity index (χ4n) is 2.91. The number of halogens is 1. The zero-order chi connectivity index (χ0) is 14.5.